The Labute approximate surface area is 109 Å². The van der Waals surface area contributed by atoms with E-state index in [2.05, 4.69) is 20.3 Å². The van der Waals surface area contributed by atoms with Crippen LogP contribution in [0.2, 0.25) is 0 Å². The number of hydrogen-bond donors (Lipinski definition) is 1. The second kappa shape index (κ2) is 4.38. The molecule has 1 N–H and O–H groups in total. The third-order valence-electron chi connectivity index (χ3n) is 2.84. The molecule has 0 unspecified atom stereocenters. The predicted molar refractivity (Wildman–Crippen MR) is 73.0 cm³/mol. The van der Waals surface area contributed by atoms with Crippen molar-refractivity contribution in [2.45, 2.75) is 13.5 Å². The third kappa shape index (κ3) is 1.84. The average Bonchev–Trinajstić information content (AvgIpc) is 2.98. The fraction of sp³-hybridized carbons (Fsp3) is 0.250. The van der Waals surface area contributed by atoms with Gasteiger partial charge >= 0.3 is 0 Å². The number of aryl methyl sites for hydroxylation is 1. The maximum atomic E-state index is 4.58. The zero-order chi connectivity index (χ0) is 12.5. The number of rotatable bonds is 3. The minimum absolute atomic E-state index is 0.647. The van der Waals surface area contributed by atoms with E-state index in [9.17, 15) is 0 Å². The highest BCUT2D eigenvalue weighted by Crippen LogP contribution is 2.24. The van der Waals surface area contributed by atoms with Crippen LogP contribution < -0.4 is 5.32 Å². The molecule has 0 aliphatic heterocycles. The fourth-order valence-electron chi connectivity index (χ4n) is 1.88. The summed E-state index contributed by atoms with van der Waals surface area (Å²) in [5, 5.41) is 6.23. The van der Waals surface area contributed by atoms with Gasteiger partial charge in [0.15, 0.2) is 5.82 Å². The van der Waals surface area contributed by atoms with Crippen molar-refractivity contribution in [3.05, 3.63) is 35.5 Å². The normalized spacial score (nSPS) is 11.0. The fourth-order valence-corrected chi connectivity index (χ4v) is 2.67. The Hall–Kier alpha value is -1.95. The molecule has 0 aromatic carbocycles. The smallest absolute Gasteiger partial charge is 0.152 e. The molecule has 3 aromatic rings. The van der Waals surface area contributed by atoms with Crippen LogP contribution in [0.15, 0.2) is 23.8 Å². The van der Waals surface area contributed by atoms with E-state index in [1.54, 1.807) is 17.5 Å². The third-order valence-corrected chi connectivity index (χ3v) is 3.65. The molecule has 0 aliphatic rings. The summed E-state index contributed by atoms with van der Waals surface area (Å²) in [5.74, 6) is 2.65. The SMILES string of the molecule is CNc1nc(Cn2ccnc2C)nc2sccc12. The topological polar surface area (TPSA) is 55.6 Å². The van der Waals surface area contributed by atoms with Crippen LogP contribution in [-0.2, 0) is 6.54 Å². The minimum atomic E-state index is 0.647. The van der Waals surface area contributed by atoms with E-state index in [0.717, 1.165) is 27.7 Å². The summed E-state index contributed by atoms with van der Waals surface area (Å²) >= 11 is 1.63. The molecule has 0 bridgehead atoms. The number of hydrogen-bond acceptors (Lipinski definition) is 5. The van der Waals surface area contributed by atoms with Gasteiger partial charge in [-0.2, -0.15) is 0 Å². The standard InChI is InChI=1S/C12H13N5S/c1-8-14-4-5-17(8)7-10-15-11(13-2)9-3-6-18-12(9)16-10/h3-6H,7H2,1-2H3,(H,13,15,16). The minimum Gasteiger partial charge on any atom is -0.372 e. The number of nitrogens with one attached hydrogen (secondary N) is 1. The predicted octanol–water partition coefficient (Wildman–Crippen LogP) is 2.29. The summed E-state index contributed by atoms with van der Waals surface area (Å²) in [5.41, 5.74) is 0. The number of aromatic nitrogens is 4. The van der Waals surface area contributed by atoms with E-state index in [1.165, 1.54) is 0 Å². The summed E-state index contributed by atoms with van der Waals surface area (Å²) in [6.07, 6.45) is 3.73. The van der Waals surface area contributed by atoms with Gasteiger partial charge < -0.3 is 9.88 Å². The van der Waals surface area contributed by atoms with Crippen molar-refractivity contribution < 1.29 is 0 Å². The lowest BCUT2D eigenvalue weighted by atomic mass is 10.3. The Morgan fingerprint density at radius 1 is 1.39 bits per heavy atom. The lowest BCUT2D eigenvalue weighted by molar-refractivity contribution is 0.723. The monoisotopic (exact) mass is 259 g/mol. The maximum Gasteiger partial charge on any atom is 0.152 e. The average molecular weight is 259 g/mol. The number of fused-ring (bicyclic) bond motifs is 1. The maximum absolute atomic E-state index is 4.58. The lowest BCUT2D eigenvalue weighted by Crippen LogP contribution is -2.07. The van der Waals surface area contributed by atoms with Crippen molar-refractivity contribution in [2.75, 3.05) is 12.4 Å². The first-order valence-corrected chi connectivity index (χ1v) is 6.55. The van der Waals surface area contributed by atoms with Gasteiger partial charge in [-0.05, 0) is 18.4 Å². The molecule has 3 rings (SSSR count). The van der Waals surface area contributed by atoms with Crippen molar-refractivity contribution >= 4 is 27.4 Å². The second-order valence-electron chi connectivity index (χ2n) is 3.98. The molecule has 0 amide bonds. The van der Waals surface area contributed by atoms with Gasteiger partial charge in [0.1, 0.15) is 16.5 Å². The molecular weight excluding hydrogens is 246 g/mol. The van der Waals surface area contributed by atoms with E-state index in [0.29, 0.717) is 6.54 Å². The number of anilines is 1. The summed E-state index contributed by atoms with van der Waals surface area (Å²) in [6, 6.07) is 2.04. The highest BCUT2D eigenvalue weighted by atomic mass is 32.1. The van der Waals surface area contributed by atoms with Crippen LogP contribution in [0.25, 0.3) is 10.2 Å². The van der Waals surface area contributed by atoms with Crippen molar-refractivity contribution in [1.82, 2.24) is 19.5 Å². The molecule has 0 atom stereocenters. The molecule has 0 spiro atoms. The van der Waals surface area contributed by atoms with E-state index in [1.807, 2.05) is 36.2 Å². The van der Waals surface area contributed by atoms with Gasteiger partial charge in [0.25, 0.3) is 0 Å². The summed E-state index contributed by atoms with van der Waals surface area (Å²) in [4.78, 5) is 14.3. The Morgan fingerprint density at radius 3 is 3.00 bits per heavy atom. The van der Waals surface area contributed by atoms with Crippen molar-refractivity contribution in [1.29, 1.82) is 0 Å². The van der Waals surface area contributed by atoms with Crippen LogP contribution in [0.5, 0.6) is 0 Å². The molecule has 0 saturated carbocycles. The molecule has 6 heteroatoms. The number of imidazole rings is 1. The van der Waals surface area contributed by atoms with E-state index in [-0.39, 0.29) is 0 Å². The highest BCUT2D eigenvalue weighted by Gasteiger charge is 2.08. The van der Waals surface area contributed by atoms with Crippen LogP contribution in [0, 0.1) is 6.92 Å². The summed E-state index contributed by atoms with van der Waals surface area (Å²) in [7, 11) is 1.88. The Morgan fingerprint density at radius 2 is 2.28 bits per heavy atom. The van der Waals surface area contributed by atoms with Gasteiger partial charge in [0.05, 0.1) is 11.9 Å². The van der Waals surface area contributed by atoms with Crippen molar-refractivity contribution in [2.24, 2.45) is 0 Å². The van der Waals surface area contributed by atoms with E-state index >= 15 is 0 Å². The lowest BCUT2D eigenvalue weighted by Gasteiger charge is -2.07. The van der Waals surface area contributed by atoms with Crippen molar-refractivity contribution in [3.8, 4) is 0 Å². The number of nitrogens with zero attached hydrogens (tertiary/aromatic N) is 4. The molecule has 5 nitrogen and oxygen atoms in total. The van der Waals surface area contributed by atoms with E-state index in [4.69, 9.17) is 0 Å². The van der Waals surface area contributed by atoms with Crippen LogP contribution >= 0.6 is 11.3 Å². The molecule has 18 heavy (non-hydrogen) atoms. The Balaban J connectivity index is 2.04. The molecule has 0 fully saturated rings. The molecule has 92 valence electrons. The molecule has 3 aromatic heterocycles. The quantitative estimate of drug-likeness (QED) is 0.784. The molecule has 0 aliphatic carbocycles. The van der Waals surface area contributed by atoms with Crippen LogP contribution in [0.1, 0.15) is 11.6 Å². The summed E-state index contributed by atoms with van der Waals surface area (Å²) < 4.78 is 2.04. The molecular formula is C12H13N5S. The largest absolute Gasteiger partial charge is 0.372 e. The van der Waals surface area contributed by atoms with Gasteiger partial charge in [-0.1, -0.05) is 0 Å². The summed E-state index contributed by atoms with van der Waals surface area (Å²) in [6.45, 7) is 2.62. The molecule has 3 heterocycles. The number of thiophene rings is 1. The Kier molecular flexibility index (Phi) is 2.71. The van der Waals surface area contributed by atoms with E-state index < -0.39 is 0 Å². The highest BCUT2D eigenvalue weighted by molar-refractivity contribution is 7.16. The first kappa shape index (κ1) is 11.2. The van der Waals surface area contributed by atoms with Gasteiger partial charge in [-0.15, -0.1) is 11.3 Å². The van der Waals surface area contributed by atoms with Gasteiger partial charge in [0, 0.05) is 19.4 Å². The van der Waals surface area contributed by atoms with Gasteiger partial charge in [-0.25, -0.2) is 15.0 Å². The zero-order valence-corrected chi connectivity index (χ0v) is 11.0. The van der Waals surface area contributed by atoms with Crippen LogP contribution in [0.4, 0.5) is 5.82 Å². The van der Waals surface area contributed by atoms with Crippen LogP contribution in [0.3, 0.4) is 0 Å². The van der Waals surface area contributed by atoms with Gasteiger partial charge in [0.2, 0.25) is 0 Å². The zero-order valence-electron chi connectivity index (χ0n) is 10.2. The first-order chi connectivity index (χ1) is 8.78. The second-order valence-corrected chi connectivity index (χ2v) is 4.87. The van der Waals surface area contributed by atoms with Gasteiger partial charge in [-0.3, -0.25) is 0 Å². The first-order valence-electron chi connectivity index (χ1n) is 5.67. The molecule has 0 saturated heterocycles. The van der Waals surface area contributed by atoms with Crippen molar-refractivity contribution in [3.63, 3.8) is 0 Å². The molecule has 0 radical (unpaired) electrons. The Bertz CT molecular complexity index is 685. The van der Waals surface area contributed by atoms with Crippen LogP contribution in [-0.4, -0.2) is 26.6 Å².